The largest absolute Gasteiger partial charge is 0.509 e. The molecule has 0 fully saturated rings. The zero-order valence-electron chi connectivity index (χ0n) is 15.3. The van der Waals surface area contributed by atoms with Gasteiger partial charge in [0, 0.05) is 18.1 Å². The smallest absolute Gasteiger partial charge is 0.264 e. The molecule has 0 radical (unpaired) electrons. The molecule has 7 heteroatoms. The predicted molar refractivity (Wildman–Crippen MR) is 106 cm³/mol. The van der Waals surface area contributed by atoms with Gasteiger partial charge in [-0.25, -0.2) is 0 Å². The zero-order chi connectivity index (χ0) is 19.7. The molecule has 2 heterocycles. The number of nitrogens with one attached hydrogen (secondary N) is 2. The lowest BCUT2D eigenvalue weighted by Crippen LogP contribution is -2.30. The van der Waals surface area contributed by atoms with Crippen molar-refractivity contribution in [3.63, 3.8) is 0 Å². The Balaban J connectivity index is 1.49. The highest BCUT2D eigenvalue weighted by molar-refractivity contribution is 6.24. The quantitative estimate of drug-likeness (QED) is 0.596. The van der Waals surface area contributed by atoms with Crippen LogP contribution in [0, 0.1) is 0 Å². The van der Waals surface area contributed by atoms with Crippen LogP contribution < -0.4 is 10.6 Å². The van der Waals surface area contributed by atoms with Gasteiger partial charge in [0.25, 0.3) is 11.8 Å². The maximum absolute atomic E-state index is 12.6. The maximum Gasteiger partial charge on any atom is 0.264 e. The first-order valence-corrected chi connectivity index (χ1v) is 9.04. The first-order valence-electron chi connectivity index (χ1n) is 9.04. The van der Waals surface area contributed by atoms with E-state index < -0.39 is 17.9 Å². The van der Waals surface area contributed by atoms with Crippen molar-refractivity contribution < 1.29 is 14.7 Å². The van der Waals surface area contributed by atoms with E-state index in [0.29, 0.717) is 18.5 Å². The van der Waals surface area contributed by atoms with E-state index >= 15 is 0 Å². The van der Waals surface area contributed by atoms with Crippen molar-refractivity contribution in [1.29, 1.82) is 0 Å². The summed E-state index contributed by atoms with van der Waals surface area (Å²) in [6, 6.07) is 14.6. The molecule has 0 saturated carbocycles. The Hall–Kier alpha value is -3.61. The number of aromatic nitrogens is 2. The molecular weight excluding hydrogens is 356 g/mol. The molecule has 1 unspecified atom stereocenters. The molecule has 0 saturated heterocycles. The number of benzene rings is 2. The number of hydrogen-bond donors (Lipinski definition) is 3. The minimum Gasteiger partial charge on any atom is -0.509 e. The van der Waals surface area contributed by atoms with Crippen molar-refractivity contribution in [1.82, 2.24) is 15.1 Å². The lowest BCUT2D eigenvalue weighted by Gasteiger charge is -2.10. The van der Waals surface area contributed by atoms with Gasteiger partial charge in [0.15, 0.2) is 0 Å². The molecule has 0 bridgehead atoms. The van der Waals surface area contributed by atoms with Crippen molar-refractivity contribution in [2.24, 2.45) is 7.05 Å². The highest BCUT2D eigenvalue weighted by Crippen LogP contribution is 2.23. The second-order valence-corrected chi connectivity index (χ2v) is 6.81. The molecule has 1 aromatic heterocycles. The van der Waals surface area contributed by atoms with Gasteiger partial charge in [-0.15, -0.1) is 0 Å². The molecule has 1 aliphatic rings. The third kappa shape index (κ3) is 3.34. The Bertz CT molecular complexity index is 1090. The van der Waals surface area contributed by atoms with Crippen molar-refractivity contribution in [2.45, 2.75) is 18.9 Å². The van der Waals surface area contributed by atoms with E-state index in [0.717, 1.165) is 16.5 Å². The second kappa shape index (κ2) is 7.19. The van der Waals surface area contributed by atoms with E-state index in [4.69, 9.17) is 0 Å². The molecule has 2 amide bonds. The van der Waals surface area contributed by atoms with Crippen molar-refractivity contribution >= 4 is 28.4 Å². The fourth-order valence-corrected chi connectivity index (χ4v) is 3.39. The van der Waals surface area contributed by atoms with Crippen LogP contribution in [-0.2, 0) is 23.1 Å². The number of amides is 2. The summed E-state index contributed by atoms with van der Waals surface area (Å²) in [6.07, 6.45) is 2.93. The Labute approximate surface area is 161 Å². The van der Waals surface area contributed by atoms with Gasteiger partial charge in [-0.05, 0) is 36.6 Å². The van der Waals surface area contributed by atoms with Crippen LogP contribution in [0.2, 0.25) is 0 Å². The molecule has 4 rings (SSSR count). The highest BCUT2D eigenvalue weighted by Gasteiger charge is 2.35. The van der Waals surface area contributed by atoms with Crippen LogP contribution in [0.3, 0.4) is 0 Å². The van der Waals surface area contributed by atoms with Gasteiger partial charge >= 0.3 is 0 Å². The number of aliphatic hydroxyl groups excluding tert-OH is 1. The summed E-state index contributed by atoms with van der Waals surface area (Å²) in [7, 11) is 1.81. The van der Waals surface area contributed by atoms with Crippen molar-refractivity contribution in [3.8, 4) is 0 Å². The van der Waals surface area contributed by atoms with Crippen LogP contribution >= 0.6 is 0 Å². The van der Waals surface area contributed by atoms with Crippen LogP contribution in [-0.4, -0.2) is 32.7 Å². The minimum absolute atomic E-state index is 0.208. The second-order valence-electron chi connectivity index (χ2n) is 6.81. The van der Waals surface area contributed by atoms with Gasteiger partial charge < -0.3 is 15.7 Å². The number of anilines is 1. The average Bonchev–Trinajstić information content (AvgIpc) is 3.20. The molecule has 3 aromatic rings. The summed E-state index contributed by atoms with van der Waals surface area (Å²) >= 11 is 0. The summed E-state index contributed by atoms with van der Waals surface area (Å²) in [6.45, 7) is 0. The molecule has 1 atom stereocenters. The minimum atomic E-state index is -0.626. The lowest BCUT2D eigenvalue weighted by molar-refractivity contribution is -0.120. The van der Waals surface area contributed by atoms with E-state index in [-0.39, 0.29) is 11.3 Å². The zero-order valence-corrected chi connectivity index (χ0v) is 15.3. The highest BCUT2D eigenvalue weighted by atomic mass is 16.3. The molecular formula is C21H20N4O3. The van der Waals surface area contributed by atoms with E-state index in [9.17, 15) is 14.7 Å². The molecule has 1 aliphatic heterocycles. The van der Waals surface area contributed by atoms with Crippen LogP contribution in [0.4, 0.5) is 5.69 Å². The Morgan fingerprint density at radius 3 is 2.82 bits per heavy atom. The van der Waals surface area contributed by atoms with Crippen molar-refractivity contribution in [3.05, 3.63) is 71.6 Å². The van der Waals surface area contributed by atoms with Gasteiger partial charge in [-0.2, -0.15) is 5.10 Å². The van der Waals surface area contributed by atoms with E-state index in [2.05, 4.69) is 15.7 Å². The number of fused-ring (bicyclic) bond motifs is 1. The molecule has 28 heavy (non-hydrogen) atoms. The first-order chi connectivity index (χ1) is 13.5. The number of nitrogens with zero attached hydrogens (tertiary/aromatic N) is 2. The fraction of sp³-hybridized carbons (Fsp3) is 0.190. The summed E-state index contributed by atoms with van der Waals surface area (Å²) in [4.78, 5) is 24.9. The van der Waals surface area contributed by atoms with Gasteiger partial charge in [0.05, 0.1) is 17.8 Å². The number of aliphatic hydroxyl groups is 1. The van der Waals surface area contributed by atoms with E-state index in [1.807, 2.05) is 43.4 Å². The molecule has 0 aliphatic carbocycles. The topological polar surface area (TPSA) is 96.2 Å². The summed E-state index contributed by atoms with van der Waals surface area (Å²) in [5, 5.41) is 20.9. The Morgan fingerprint density at radius 2 is 2.04 bits per heavy atom. The lowest BCUT2D eigenvalue weighted by atomic mass is 10.0. The molecule has 142 valence electrons. The third-order valence-corrected chi connectivity index (χ3v) is 4.92. The normalized spacial score (nSPS) is 16.5. The SMILES string of the molecule is Cn1ncc2ccc(NC(=O)C3=C(O)C(CCc4ccccc4)NC3=O)cc21. The van der Waals surface area contributed by atoms with Gasteiger partial charge in [-0.1, -0.05) is 30.3 Å². The standard InChI is InChI=1S/C21H20N4O3/c1-25-17-11-15(9-8-14(17)12-22-25)23-20(27)18-19(26)16(24-21(18)28)10-7-13-5-3-2-4-6-13/h2-6,8-9,11-12,16,26H,7,10H2,1H3,(H,23,27)(H,24,28). The van der Waals surface area contributed by atoms with Crippen LogP contribution in [0.15, 0.2) is 66.1 Å². The van der Waals surface area contributed by atoms with Crippen LogP contribution in [0.25, 0.3) is 10.9 Å². The maximum atomic E-state index is 12.6. The van der Waals surface area contributed by atoms with Gasteiger partial charge in [0.1, 0.15) is 11.3 Å². The molecule has 7 nitrogen and oxygen atoms in total. The number of carbonyl (C=O) groups is 2. The summed E-state index contributed by atoms with van der Waals surface area (Å²) < 4.78 is 1.70. The Morgan fingerprint density at radius 1 is 1.25 bits per heavy atom. The third-order valence-electron chi connectivity index (χ3n) is 4.92. The van der Waals surface area contributed by atoms with E-state index in [1.54, 1.807) is 23.0 Å². The van der Waals surface area contributed by atoms with E-state index in [1.165, 1.54) is 0 Å². The van der Waals surface area contributed by atoms with Gasteiger partial charge in [0.2, 0.25) is 0 Å². The number of rotatable bonds is 5. The number of hydrogen-bond acceptors (Lipinski definition) is 4. The summed E-state index contributed by atoms with van der Waals surface area (Å²) in [5.74, 6) is -1.39. The molecule has 2 aromatic carbocycles. The first kappa shape index (κ1) is 17.8. The molecule has 0 spiro atoms. The monoisotopic (exact) mass is 376 g/mol. The van der Waals surface area contributed by atoms with Crippen LogP contribution in [0.1, 0.15) is 12.0 Å². The van der Waals surface area contributed by atoms with Crippen LogP contribution in [0.5, 0.6) is 0 Å². The number of aryl methyl sites for hydroxylation is 2. The summed E-state index contributed by atoms with van der Waals surface area (Å²) in [5.41, 5.74) is 2.25. The number of carbonyl (C=O) groups excluding carboxylic acids is 2. The predicted octanol–water partition coefficient (Wildman–Crippen LogP) is 2.46. The van der Waals surface area contributed by atoms with Gasteiger partial charge in [-0.3, -0.25) is 14.3 Å². The molecule has 3 N–H and O–H groups in total. The average molecular weight is 376 g/mol. The Kier molecular flexibility index (Phi) is 4.57. The fourth-order valence-electron chi connectivity index (χ4n) is 3.39. The van der Waals surface area contributed by atoms with Crippen molar-refractivity contribution in [2.75, 3.05) is 5.32 Å².